The van der Waals surface area contributed by atoms with E-state index in [-0.39, 0.29) is 52.3 Å². The summed E-state index contributed by atoms with van der Waals surface area (Å²) in [4.78, 5) is 36.5. The summed E-state index contributed by atoms with van der Waals surface area (Å²) in [5.41, 5.74) is -1.08. The fraction of sp³-hybridized carbons (Fsp3) is 0.885. The monoisotopic (exact) mass is 482 g/mol. The Balaban J connectivity index is 1.88. The molecule has 0 aromatic carbocycles. The minimum atomic E-state index is -0.492. The van der Waals surface area contributed by atoms with E-state index in [0.29, 0.717) is 12.3 Å². The summed E-state index contributed by atoms with van der Waals surface area (Å²) in [5.74, 6) is -0.570. The maximum Gasteiger partial charge on any atom is 0.302 e. The Morgan fingerprint density at radius 1 is 0.788 bits per heavy atom. The Morgan fingerprint density at radius 3 is 1.94 bits per heavy atom. The predicted octanol–water partition coefficient (Wildman–Crippen LogP) is 5.04. The second-order valence-corrected chi connectivity index (χ2v) is 12.8. The molecule has 0 saturated heterocycles. The van der Waals surface area contributed by atoms with Crippen LogP contribution in [0.15, 0.2) is 0 Å². The Labute approximate surface area is 202 Å². The number of esters is 3. The number of hydrogen-bond acceptors (Lipinski definition) is 6. The summed E-state index contributed by atoms with van der Waals surface area (Å²) >= 11 is 7.10. The number of rotatable bonds is 3. The highest BCUT2D eigenvalue weighted by Gasteiger charge is 2.76. The SMILES string of the molecule is CC(=O)O[C@@H]1[C@@H](Cl)[C@]2(C)C[C@]13CC[C@@H]1C(C)(C)CC[C@H](OC(C)=O)[C@@]1(C)[C@@H]3C[C@H]2OC(C)=O. The summed E-state index contributed by atoms with van der Waals surface area (Å²) in [6, 6.07) is 0. The molecule has 2 bridgehead atoms. The predicted molar refractivity (Wildman–Crippen MR) is 123 cm³/mol. The molecule has 4 fully saturated rings. The molecule has 0 aromatic rings. The molecular weight excluding hydrogens is 444 g/mol. The molecule has 4 saturated carbocycles. The van der Waals surface area contributed by atoms with Crippen molar-refractivity contribution in [2.45, 2.75) is 111 Å². The zero-order valence-electron chi connectivity index (χ0n) is 21.0. The van der Waals surface area contributed by atoms with Crippen LogP contribution in [-0.4, -0.2) is 41.6 Å². The highest BCUT2D eigenvalue weighted by Crippen LogP contribution is 2.75. The third-order valence-corrected chi connectivity index (χ3v) is 10.8. The van der Waals surface area contributed by atoms with Crippen molar-refractivity contribution in [1.82, 2.24) is 0 Å². The molecule has 0 aromatic heterocycles. The Kier molecular flexibility index (Phi) is 5.91. The van der Waals surface area contributed by atoms with E-state index in [1.165, 1.54) is 20.8 Å². The molecule has 0 N–H and O–H groups in total. The molecule has 7 heteroatoms. The molecule has 0 heterocycles. The normalized spacial score (nSPS) is 47.6. The summed E-state index contributed by atoms with van der Waals surface area (Å²) in [5, 5.41) is -0.459. The summed E-state index contributed by atoms with van der Waals surface area (Å²) in [6.45, 7) is 13.3. The van der Waals surface area contributed by atoms with Crippen LogP contribution in [0.25, 0.3) is 0 Å². The number of carbonyl (C=O) groups excluding carboxylic acids is 3. The van der Waals surface area contributed by atoms with Crippen molar-refractivity contribution in [1.29, 1.82) is 0 Å². The van der Waals surface area contributed by atoms with Crippen LogP contribution in [0.5, 0.6) is 0 Å². The number of alkyl halides is 1. The van der Waals surface area contributed by atoms with Gasteiger partial charge in [0.25, 0.3) is 0 Å². The summed E-state index contributed by atoms with van der Waals surface area (Å²) < 4.78 is 17.9. The van der Waals surface area contributed by atoms with Crippen LogP contribution in [-0.2, 0) is 28.6 Å². The smallest absolute Gasteiger partial charge is 0.302 e. The van der Waals surface area contributed by atoms with Crippen molar-refractivity contribution in [3.05, 3.63) is 0 Å². The van der Waals surface area contributed by atoms with Gasteiger partial charge in [-0.1, -0.05) is 27.7 Å². The van der Waals surface area contributed by atoms with Gasteiger partial charge in [0.15, 0.2) is 0 Å². The van der Waals surface area contributed by atoms with Gasteiger partial charge in [-0.05, 0) is 55.8 Å². The fourth-order valence-corrected chi connectivity index (χ4v) is 9.44. The van der Waals surface area contributed by atoms with Crippen LogP contribution in [0.2, 0.25) is 0 Å². The minimum absolute atomic E-state index is 0.0400. The second-order valence-electron chi connectivity index (χ2n) is 12.3. The van der Waals surface area contributed by atoms with Gasteiger partial charge < -0.3 is 14.2 Å². The molecular formula is C26H39ClO6. The van der Waals surface area contributed by atoms with Crippen molar-refractivity contribution in [2.24, 2.45) is 33.5 Å². The molecule has 6 nitrogen and oxygen atoms in total. The van der Waals surface area contributed by atoms with Gasteiger partial charge in [0.1, 0.15) is 18.3 Å². The van der Waals surface area contributed by atoms with Crippen LogP contribution in [0.3, 0.4) is 0 Å². The zero-order chi connectivity index (χ0) is 24.6. The van der Waals surface area contributed by atoms with E-state index < -0.39 is 16.9 Å². The van der Waals surface area contributed by atoms with Crippen LogP contribution < -0.4 is 0 Å². The first kappa shape index (κ1) is 24.8. The van der Waals surface area contributed by atoms with E-state index in [0.717, 1.165) is 32.1 Å². The number of fused-ring (bicyclic) bond motifs is 3. The van der Waals surface area contributed by atoms with Crippen molar-refractivity contribution >= 4 is 29.5 Å². The Bertz CT molecular complexity index is 856. The Hall–Kier alpha value is -1.30. The number of halogens is 1. The van der Waals surface area contributed by atoms with Gasteiger partial charge in [-0.3, -0.25) is 14.4 Å². The topological polar surface area (TPSA) is 78.9 Å². The van der Waals surface area contributed by atoms with E-state index >= 15 is 0 Å². The number of hydrogen-bond donors (Lipinski definition) is 0. The van der Waals surface area contributed by atoms with Crippen LogP contribution in [0, 0.1) is 33.5 Å². The van der Waals surface area contributed by atoms with Gasteiger partial charge >= 0.3 is 17.9 Å². The van der Waals surface area contributed by atoms with Crippen molar-refractivity contribution in [3.63, 3.8) is 0 Å². The highest BCUT2D eigenvalue weighted by molar-refractivity contribution is 6.22. The molecule has 33 heavy (non-hydrogen) atoms. The first-order valence-corrected chi connectivity index (χ1v) is 12.8. The van der Waals surface area contributed by atoms with Crippen LogP contribution in [0.4, 0.5) is 0 Å². The molecule has 1 spiro atoms. The lowest BCUT2D eigenvalue weighted by Crippen LogP contribution is -2.65. The lowest BCUT2D eigenvalue weighted by molar-refractivity contribution is -0.239. The molecule has 0 aliphatic heterocycles. The summed E-state index contributed by atoms with van der Waals surface area (Å²) in [7, 11) is 0. The van der Waals surface area contributed by atoms with E-state index in [1.54, 1.807) is 0 Å². The van der Waals surface area contributed by atoms with Crippen LogP contribution >= 0.6 is 11.6 Å². The molecule has 0 amide bonds. The number of ether oxygens (including phenoxy) is 3. The first-order chi connectivity index (χ1) is 15.2. The van der Waals surface area contributed by atoms with Gasteiger partial charge in [0.05, 0.1) is 5.38 Å². The molecule has 186 valence electrons. The average Bonchev–Trinajstić information content (AvgIpc) is 2.84. The largest absolute Gasteiger partial charge is 0.462 e. The average molecular weight is 483 g/mol. The van der Waals surface area contributed by atoms with Gasteiger partial charge in [-0.25, -0.2) is 0 Å². The maximum absolute atomic E-state index is 12.2. The van der Waals surface area contributed by atoms with E-state index in [2.05, 4.69) is 27.7 Å². The van der Waals surface area contributed by atoms with Crippen molar-refractivity contribution in [2.75, 3.05) is 0 Å². The first-order valence-electron chi connectivity index (χ1n) is 12.3. The summed E-state index contributed by atoms with van der Waals surface area (Å²) in [6.07, 6.45) is 3.94. The van der Waals surface area contributed by atoms with Gasteiger partial charge in [0, 0.05) is 37.0 Å². The quantitative estimate of drug-likeness (QED) is 0.318. The molecule has 0 radical (unpaired) electrons. The third-order valence-electron chi connectivity index (χ3n) is 10.0. The standard InChI is InChI=1S/C26H39ClO6/c1-14(28)31-19-9-10-23(4,5)17-8-11-26-13-24(6,21(27)22(26)33-16(3)30)20(32-15(2)29)12-18(26)25(17,19)7/h17-22H,8-13H2,1-7H3/t17-,18+,19+,20-,21-,22-,24-,25-,26+/m1/s1. The van der Waals surface area contributed by atoms with Crippen molar-refractivity contribution in [3.8, 4) is 0 Å². The maximum atomic E-state index is 12.2. The lowest BCUT2D eigenvalue weighted by Gasteiger charge is -2.66. The molecule has 4 rings (SSSR count). The molecule has 0 unspecified atom stereocenters. The Morgan fingerprint density at radius 2 is 1.36 bits per heavy atom. The van der Waals surface area contributed by atoms with E-state index in [9.17, 15) is 14.4 Å². The molecule has 4 aliphatic rings. The van der Waals surface area contributed by atoms with E-state index in [1.807, 2.05) is 0 Å². The molecule has 9 atom stereocenters. The molecule has 4 aliphatic carbocycles. The minimum Gasteiger partial charge on any atom is -0.462 e. The fourth-order valence-electron chi connectivity index (χ4n) is 8.92. The lowest BCUT2D eigenvalue weighted by atomic mass is 9.39. The van der Waals surface area contributed by atoms with Gasteiger partial charge in [0.2, 0.25) is 0 Å². The zero-order valence-corrected chi connectivity index (χ0v) is 21.8. The van der Waals surface area contributed by atoms with Gasteiger partial charge in [-0.15, -0.1) is 11.6 Å². The van der Waals surface area contributed by atoms with Crippen LogP contribution in [0.1, 0.15) is 87.0 Å². The highest BCUT2D eigenvalue weighted by atomic mass is 35.5. The van der Waals surface area contributed by atoms with Crippen molar-refractivity contribution < 1.29 is 28.6 Å². The van der Waals surface area contributed by atoms with E-state index in [4.69, 9.17) is 25.8 Å². The third kappa shape index (κ3) is 3.52. The number of carbonyl (C=O) groups is 3. The second kappa shape index (κ2) is 7.86. The van der Waals surface area contributed by atoms with Gasteiger partial charge in [-0.2, -0.15) is 0 Å².